The zero-order valence-corrected chi connectivity index (χ0v) is 6.82. The molecule has 2 amide bonds. The molecule has 1 saturated heterocycles. The number of imide groups is 1. The van der Waals surface area contributed by atoms with Crippen LogP contribution in [-0.4, -0.2) is 17.0 Å². The van der Waals surface area contributed by atoms with Crippen LogP contribution in [0.5, 0.6) is 0 Å². The van der Waals surface area contributed by atoms with Gasteiger partial charge in [0.05, 0.1) is 11.6 Å². The lowest BCUT2D eigenvalue weighted by Gasteiger charge is -2.17. The lowest BCUT2D eigenvalue weighted by Crippen LogP contribution is -2.39. The van der Waals surface area contributed by atoms with Crippen LogP contribution in [0.3, 0.4) is 0 Å². The van der Waals surface area contributed by atoms with Gasteiger partial charge in [0.1, 0.15) is 6.26 Å². The number of carbonyl (C=O) groups is 2. The van der Waals surface area contributed by atoms with Crippen LogP contribution in [0, 0.1) is 0 Å². The Hall–Kier alpha value is -1.65. The molecule has 2 rings (SSSR count). The number of piperidine rings is 1. The zero-order valence-electron chi connectivity index (χ0n) is 6.82. The Morgan fingerprint density at radius 3 is 3.00 bits per heavy atom. The Morgan fingerprint density at radius 1 is 1.54 bits per heavy atom. The number of aromatic nitrogens is 1. The number of nitrogens with one attached hydrogen (secondary N) is 1. The topological polar surface area (TPSA) is 72.2 Å². The predicted octanol–water partition coefficient (Wildman–Crippen LogP) is 0.195. The van der Waals surface area contributed by atoms with Crippen molar-refractivity contribution in [1.82, 2.24) is 10.5 Å². The van der Waals surface area contributed by atoms with Crippen LogP contribution in [0.4, 0.5) is 0 Å². The number of rotatable bonds is 1. The van der Waals surface area contributed by atoms with Crippen LogP contribution in [0.2, 0.25) is 0 Å². The van der Waals surface area contributed by atoms with Crippen LogP contribution in [0.1, 0.15) is 24.5 Å². The van der Waals surface area contributed by atoms with Gasteiger partial charge >= 0.3 is 0 Å². The first kappa shape index (κ1) is 7.97. The van der Waals surface area contributed by atoms with E-state index in [1.165, 1.54) is 6.26 Å². The Bertz CT molecular complexity index is 331. The quantitative estimate of drug-likeness (QED) is 0.626. The first-order valence-electron chi connectivity index (χ1n) is 4.01. The van der Waals surface area contributed by atoms with Gasteiger partial charge in [-0.25, -0.2) is 0 Å². The summed E-state index contributed by atoms with van der Waals surface area (Å²) in [6.07, 6.45) is 2.29. The van der Waals surface area contributed by atoms with Crippen LogP contribution in [0.15, 0.2) is 16.9 Å². The average Bonchev–Trinajstić information content (AvgIpc) is 2.56. The standard InChI is InChI=1S/C8H8N2O3/c11-7-2-1-5(8(12)9-7)6-3-4-13-10-6/h3-5H,1-2H2,(H,9,11,12)/t5-/m0/s1. The molecule has 0 unspecified atom stereocenters. The third-order valence-electron chi connectivity index (χ3n) is 2.05. The molecule has 1 aliphatic rings. The minimum atomic E-state index is -0.337. The molecule has 0 aromatic carbocycles. The largest absolute Gasteiger partial charge is 0.364 e. The number of amides is 2. The molecule has 13 heavy (non-hydrogen) atoms. The van der Waals surface area contributed by atoms with Crippen molar-refractivity contribution in [2.45, 2.75) is 18.8 Å². The molecular weight excluding hydrogens is 172 g/mol. The van der Waals surface area contributed by atoms with E-state index >= 15 is 0 Å². The fourth-order valence-corrected chi connectivity index (χ4v) is 1.38. The van der Waals surface area contributed by atoms with E-state index < -0.39 is 0 Å². The molecule has 0 bridgehead atoms. The number of hydrogen-bond donors (Lipinski definition) is 1. The molecule has 0 saturated carbocycles. The van der Waals surface area contributed by atoms with Crippen molar-refractivity contribution in [3.05, 3.63) is 18.0 Å². The van der Waals surface area contributed by atoms with E-state index in [-0.39, 0.29) is 17.7 Å². The molecule has 1 N–H and O–H groups in total. The monoisotopic (exact) mass is 180 g/mol. The van der Waals surface area contributed by atoms with Crippen LogP contribution >= 0.6 is 0 Å². The van der Waals surface area contributed by atoms with Crippen molar-refractivity contribution in [1.29, 1.82) is 0 Å². The van der Waals surface area contributed by atoms with Crippen molar-refractivity contribution >= 4 is 11.8 Å². The Kier molecular flexibility index (Phi) is 1.84. The highest BCUT2D eigenvalue weighted by molar-refractivity contribution is 6.00. The van der Waals surface area contributed by atoms with Crippen molar-refractivity contribution in [3.8, 4) is 0 Å². The highest BCUT2D eigenvalue weighted by Gasteiger charge is 2.29. The van der Waals surface area contributed by atoms with Gasteiger partial charge in [-0.15, -0.1) is 0 Å². The molecule has 5 nitrogen and oxygen atoms in total. The van der Waals surface area contributed by atoms with Crippen LogP contribution in [-0.2, 0) is 9.59 Å². The van der Waals surface area contributed by atoms with E-state index in [2.05, 4.69) is 15.0 Å². The second-order valence-corrected chi connectivity index (χ2v) is 2.93. The van der Waals surface area contributed by atoms with Gasteiger partial charge in [0.15, 0.2) is 0 Å². The summed E-state index contributed by atoms with van der Waals surface area (Å²) in [7, 11) is 0. The minimum Gasteiger partial charge on any atom is -0.364 e. The number of hydrogen-bond acceptors (Lipinski definition) is 4. The van der Waals surface area contributed by atoms with E-state index in [1.54, 1.807) is 6.07 Å². The van der Waals surface area contributed by atoms with Gasteiger partial charge in [-0.1, -0.05) is 5.16 Å². The van der Waals surface area contributed by atoms with Gasteiger partial charge in [0.25, 0.3) is 0 Å². The smallest absolute Gasteiger partial charge is 0.235 e. The van der Waals surface area contributed by atoms with Crippen molar-refractivity contribution in [3.63, 3.8) is 0 Å². The second-order valence-electron chi connectivity index (χ2n) is 2.93. The van der Waals surface area contributed by atoms with Crippen LogP contribution < -0.4 is 5.32 Å². The van der Waals surface area contributed by atoms with Gasteiger partial charge in [-0.2, -0.15) is 0 Å². The summed E-state index contributed by atoms with van der Waals surface area (Å²) in [5, 5.41) is 5.93. The van der Waals surface area contributed by atoms with Gasteiger partial charge in [0.2, 0.25) is 11.8 Å². The highest BCUT2D eigenvalue weighted by atomic mass is 16.5. The maximum atomic E-state index is 11.3. The molecule has 0 spiro atoms. The van der Waals surface area contributed by atoms with Gasteiger partial charge in [-0.3, -0.25) is 14.9 Å². The zero-order chi connectivity index (χ0) is 9.26. The maximum Gasteiger partial charge on any atom is 0.235 e. The number of carbonyl (C=O) groups excluding carboxylic acids is 2. The fourth-order valence-electron chi connectivity index (χ4n) is 1.38. The molecule has 1 fully saturated rings. The van der Waals surface area contributed by atoms with E-state index in [0.717, 1.165) is 0 Å². The number of nitrogens with zero attached hydrogens (tertiary/aromatic N) is 1. The molecular formula is C8H8N2O3. The molecule has 0 radical (unpaired) electrons. The second kappa shape index (κ2) is 3.01. The SMILES string of the molecule is O=C1CC[C@@H](c2ccon2)C(=O)N1. The first-order valence-corrected chi connectivity index (χ1v) is 4.01. The molecule has 1 aromatic rings. The van der Waals surface area contributed by atoms with Gasteiger partial charge in [-0.05, 0) is 6.42 Å². The van der Waals surface area contributed by atoms with Crippen molar-refractivity contribution in [2.24, 2.45) is 0 Å². The molecule has 2 heterocycles. The minimum absolute atomic E-state index is 0.218. The fraction of sp³-hybridized carbons (Fsp3) is 0.375. The first-order chi connectivity index (χ1) is 6.27. The lowest BCUT2D eigenvalue weighted by molar-refractivity contribution is -0.134. The van der Waals surface area contributed by atoms with E-state index in [0.29, 0.717) is 18.5 Å². The molecule has 1 aromatic heterocycles. The normalized spacial score (nSPS) is 22.9. The molecule has 68 valence electrons. The lowest BCUT2D eigenvalue weighted by atomic mass is 9.95. The predicted molar refractivity (Wildman–Crippen MR) is 41.6 cm³/mol. The van der Waals surface area contributed by atoms with E-state index in [4.69, 9.17) is 0 Å². The highest BCUT2D eigenvalue weighted by Crippen LogP contribution is 2.22. The van der Waals surface area contributed by atoms with E-state index in [9.17, 15) is 9.59 Å². The maximum absolute atomic E-state index is 11.3. The Morgan fingerprint density at radius 2 is 2.38 bits per heavy atom. The Balaban J connectivity index is 2.17. The molecule has 5 heteroatoms. The summed E-state index contributed by atoms with van der Waals surface area (Å²) in [5.41, 5.74) is 0.588. The van der Waals surface area contributed by atoms with Crippen molar-refractivity contribution < 1.29 is 14.1 Å². The van der Waals surface area contributed by atoms with Gasteiger partial charge in [0, 0.05) is 12.5 Å². The summed E-state index contributed by atoms with van der Waals surface area (Å²) in [5.74, 6) is -0.841. The molecule has 1 aliphatic heterocycles. The van der Waals surface area contributed by atoms with E-state index in [1.807, 2.05) is 0 Å². The Labute approximate surface area is 74.1 Å². The summed E-state index contributed by atoms with van der Waals surface area (Å²) in [6, 6.07) is 1.64. The third-order valence-corrected chi connectivity index (χ3v) is 2.05. The van der Waals surface area contributed by atoms with Gasteiger partial charge < -0.3 is 4.52 Å². The average molecular weight is 180 g/mol. The van der Waals surface area contributed by atoms with Crippen LogP contribution in [0.25, 0.3) is 0 Å². The van der Waals surface area contributed by atoms with Crippen molar-refractivity contribution in [2.75, 3.05) is 0 Å². The summed E-state index contributed by atoms with van der Waals surface area (Å²) >= 11 is 0. The summed E-state index contributed by atoms with van der Waals surface area (Å²) in [4.78, 5) is 22.1. The molecule has 0 aliphatic carbocycles. The summed E-state index contributed by atoms with van der Waals surface area (Å²) < 4.78 is 4.63. The molecule has 1 atom stereocenters. The third kappa shape index (κ3) is 1.44. The summed E-state index contributed by atoms with van der Waals surface area (Å²) in [6.45, 7) is 0.